The van der Waals surface area contributed by atoms with E-state index in [-0.39, 0.29) is 5.91 Å². The van der Waals surface area contributed by atoms with Gasteiger partial charge >= 0.3 is 0 Å². The maximum absolute atomic E-state index is 12.4. The third-order valence-corrected chi connectivity index (χ3v) is 3.64. The molecule has 0 spiro atoms. The first kappa shape index (κ1) is 12.7. The third-order valence-electron chi connectivity index (χ3n) is 3.64. The van der Waals surface area contributed by atoms with E-state index >= 15 is 0 Å². The van der Waals surface area contributed by atoms with E-state index in [1.165, 1.54) is 0 Å². The molecular formula is C17H18N2O. The highest BCUT2D eigenvalue weighted by molar-refractivity contribution is 5.97. The van der Waals surface area contributed by atoms with Crippen LogP contribution in [0.2, 0.25) is 0 Å². The Morgan fingerprint density at radius 3 is 2.80 bits per heavy atom. The summed E-state index contributed by atoms with van der Waals surface area (Å²) < 4.78 is 0. The molecule has 2 aromatic carbocycles. The van der Waals surface area contributed by atoms with Gasteiger partial charge in [-0.1, -0.05) is 36.4 Å². The Labute approximate surface area is 119 Å². The molecule has 0 radical (unpaired) electrons. The Bertz CT molecular complexity index is 608. The number of amides is 1. The van der Waals surface area contributed by atoms with Crippen LogP contribution in [-0.2, 0) is 13.0 Å². The second kappa shape index (κ2) is 5.78. The molecule has 3 heteroatoms. The van der Waals surface area contributed by atoms with Crippen molar-refractivity contribution in [3.8, 4) is 0 Å². The van der Waals surface area contributed by atoms with E-state index in [1.807, 2.05) is 48.5 Å². The minimum absolute atomic E-state index is 0.00871. The number of carbonyl (C=O) groups excluding carboxylic acids is 1. The standard InChI is InChI=1S/C17H18N2O/c20-17(19-12-13-6-2-1-3-7-13)15-8-4-10-16-14(15)9-5-11-18-16/h1-4,6-8,10,18H,5,9,11-12H2,(H,19,20). The number of hydrogen-bond donors (Lipinski definition) is 2. The number of anilines is 1. The van der Waals surface area contributed by atoms with Crippen molar-refractivity contribution in [1.82, 2.24) is 5.32 Å². The van der Waals surface area contributed by atoms with Crippen LogP contribution in [0.5, 0.6) is 0 Å². The average Bonchev–Trinajstić information content (AvgIpc) is 2.53. The Morgan fingerprint density at radius 1 is 1.10 bits per heavy atom. The molecule has 1 aliphatic rings. The molecule has 1 heterocycles. The molecule has 0 unspecified atom stereocenters. The highest BCUT2D eigenvalue weighted by Gasteiger charge is 2.16. The van der Waals surface area contributed by atoms with Gasteiger partial charge in [0.1, 0.15) is 0 Å². The predicted octanol–water partition coefficient (Wildman–Crippen LogP) is 2.97. The first-order chi connectivity index (χ1) is 9.84. The molecule has 0 saturated carbocycles. The predicted molar refractivity (Wildman–Crippen MR) is 80.9 cm³/mol. The van der Waals surface area contributed by atoms with E-state index in [0.29, 0.717) is 6.54 Å². The van der Waals surface area contributed by atoms with Crippen LogP contribution < -0.4 is 10.6 Å². The molecule has 2 N–H and O–H groups in total. The fraction of sp³-hybridized carbons (Fsp3) is 0.235. The monoisotopic (exact) mass is 266 g/mol. The van der Waals surface area contributed by atoms with Crippen molar-refractivity contribution < 1.29 is 4.79 Å². The van der Waals surface area contributed by atoms with Gasteiger partial charge in [-0.2, -0.15) is 0 Å². The number of rotatable bonds is 3. The zero-order chi connectivity index (χ0) is 13.8. The lowest BCUT2D eigenvalue weighted by Crippen LogP contribution is -2.25. The van der Waals surface area contributed by atoms with Gasteiger partial charge in [-0.05, 0) is 36.1 Å². The molecule has 20 heavy (non-hydrogen) atoms. The van der Waals surface area contributed by atoms with E-state index < -0.39 is 0 Å². The van der Waals surface area contributed by atoms with Gasteiger partial charge in [0, 0.05) is 24.3 Å². The molecule has 3 rings (SSSR count). The smallest absolute Gasteiger partial charge is 0.251 e. The lowest BCUT2D eigenvalue weighted by atomic mass is 9.97. The van der Waals surface area contributed by atoms with Gasteiger partial charge in [0.2, 0.25) is 0 Å². The van der Waals surface area contributed by atoms with Crippen molar-refractivity contribution in [1.29, 1.82) is 0 Å². The van der Waals surface area contributed by atoms with Gasteiger partial charge < -0.3 is 10.6 Å². The molecule has 0 saturated heterocycles. The van der Waals surface area contributed by atoms with Crippen molar-refractivity contribution in [2.45, 2.75) is 19.4 Å². The molecule has 3 nitrogen and oxygen atoms in total. The molecular weight excluding hydrogens is 248 g/mol. The second-order valence-corrected chi connectivity index (χ2v) is 5.03. The average molecular weight is 266 g/mol. The maximum Gasteiger partial charge on any atom is 0.251 e. The molecule has 1 amide bonds. The highest BCUT2D eigenvalue weighted by Crippen LogP contribution is 2.25. The summed E-state index contributed by atoms with van der Waals surface area (Å²) in [7, 11) is 0. The van der Waals surface area contributed by atoms with Crippen molar-refractivity contribution in [3.05, 3.63) is 65.2 Å². The summed E-state index contributed by atoms with van der Waals surface area (Å²) in [4.78, 5) is 12.4. The summed E-state index contributed by atoms with van der Waals surface area (Å²) >= 11 is 0. The Kier molecular flexibility index (Phi) is 3.68. The van der Waals surface area contributed by atoms with Gasteiger partial charge in [0.25, 0.3) is 5.91 Å². The van der Waals surface area contributed by atoms with Gasteiger partial charge in [0.15, 0.2) is 0 Å². The summed E-state index contributed by atoms with van der Waals surface area (Å²) in [6.45, 7) is 1.55. The van der Waals surface area contributed by atoms with Crippen LogP contribution in [0.4, 0.5) is 5.69 Å². The van der Waals surface area contributed by atoms with E-state index in [1.54, 1.807) is 0 Å². The van der Waals surface area contributed by atoms with E-state index in [9.17, 15) is 4.79 Å². The number of benzene rings is 2. The fourth-order valence-corrected chi connectivity index (χ4v) is 2.60. The van der Waals surface area contributed by atoms with Crippen LogP contribution in [0.3, 0.4) is 0 Å². The number of hydrogen-bond acceptors (Lipinski definition) is 2. The summed E-state index contributed by atoms with van der Waals surface area (Å²) in [5.41, 5.74) is 4.15. The number of fused-ring (bicyclic) bond motifs is 1. The van der Waals surface area contributed by atoms with Crippen LogP contribution in [0.1, 0.15) is 27.9 Å². The van der Waals surface area contributed by atoms with Gasteiger partial charge in [0.05, 0.1) is 0 Å². The first-order valence-electron chi connectivity index (χ1n) is 7.02. The van der Waals surface area contributed by atoms with Crippen LogP contribution in [-0.4, -0.2) is 12.5 Å². The molecule has 0 fully saturated rings. The van der Waals surface area contributed by atoms with Gasteiger partial charge in [-0.25, -0.2) is 0 Å². The molecule has 102 valence electrons. The van der Waals surface area contributed by atoms with Gasteiger partial charge in [-0.3, -0.25) is 4.79 Å². The largest absolute Gasteiger partial charge is 0.385 e. The van der Waals surface area contributed by atoms with E-state index in [0.717, 1.165) is 41.8 Å². The van der Waals surface area contributed by atoms with Crippen molar-refractivity contribution in [2.75, 3.05) is 11.9 Å². The Morgan fingerprint density at radius 2 is 1.95 bits per heavy atom. The zero-order valence-electron chi connectivity index (χ0n) is 11.4. The molecule has 0 aromatic heterocycles. The lowest BCUT2D eigenvalue weighted by Gasteiger charge is -2.20. The Hall–Kier alpha value is -2.29. The van der Waals surface area contributed by atoms with Crippen molar-refractivity contribution in [3.63, 3.8) is 0 Å². The second-order valence-electron chi connectivity index (χ2n) is 5.03. The third kappa shape index (κ3) is 2.67. The quantitative estimate of drug-likeness (QED) is 0.896. The van der Waals surface area contributed by atoms with Crippen LogP contribution in [0, 0.1) is 0 Å². The van der Waals surface area contributed by atoms with Crippen LogP contribution in [0.25, 0.3) is 0 Å². The fourth-order valence-electron chi connectivity index (χ4n) is 2.60. The number of carbonyl (C=O) groups is 1. The lowest BCUT2D eigenvalue weighted by molar-refractivity contribution is 0.0950. The van der Waals surface area contributed by atoms with Gasteiger partial charge in [-0.15, -0.1) is 0 Å². The molecule has 0 bridgehead atoms. The highest BCUT2D eigenvalue weighted by atomic mass is 16.1. The summed E-state index contributed by atoms with van der Waals surface area (Å²) in [5, 5.41) is 6.35. The maximum atomic E-state index is 12.4. The normalized spacial score (nSPS) is 13.2. The van der Waals surface area contributed by atoms with Crippen molar-refractivity contribution in [2.24, 2.45) is 0 Å². The summed E-state index contributed by atoms with van der Waals surface area (Å²) in [6, 6.07) is 15.9. The SMILES string of the molecule is O=C(NCc1ccccc1)c1cccc2c1CCCN2. The van der Waals surface area contributed by atoms with E-state index in [2.05, 4.69) is 10.6 Å². The molecule has 2 aromatic rings. The minimum atomic E-state index is 0.00871. The van der Waals surface area contributed by atoms with Crippen molar-refractivity contribution >= 4 is 11.6 Å². The van der Waals surface area contributed by atoms with Crippen LogP contribution in [0.15, 0.2) is 48.5 Å². The molecule has 0 aliphatic carbocycles. The topological polar surface area (TPSA) is 41.1 Å². The number of nitrogens with one attached hydrogen (secondary N) is 2. The molecule has 1 aliphatic heterocycles. The zero-order valence-corrected chi connectivity index (χ0v) is 11.4. The minimum Gasteiger partial charge on any atom is -0.385 e. The molecule has 0 atom stereocenters. The summed E-state index contributed by atoms with van der Waals surface area (Å²) in [5.74, 6) is 0.00871. The van der Waals surface area contributed by atoms with E-state index in [4.69, 9.17) is 0 Å². The summed E-state index contributed by atoms with van der Waals surface area (Å²) in [6.07, 6.45) is 2.05. The first-order valence-corrected chi connectivity index (χ1v) is 7.02. The Balaban J connectivity index is 1.74. The van der Waals surface area contributed by atoms with Crippen LogP contribution >= 0.6 is 0 Å².